The normalized spacial score (nSPS) is 11.6. The van der Waals surface area contributed by atoms with Gasteiger partial charge >= 0.3 is 0 Å². The van der Waals surface area contributed by atoms with Gasteiger partial charge in [0.25, 0.3) is 0 Å². The first-order valence-corrected chi connectivity index (χ1v) is 7.49. The summed E-state index contributed by atoms with van der Waals surface area (Å²) in [5.74, 6) is -0.908. The molecule has 1 aromatic carbocycles. The first-order valence-electron chi connectivity index (χ1n) is 6.61. The summed E-state index contributed by atoms with van der Waals surface area (Å²) in [6, 6.07) is 6.11. The van der Waals surface area contributed by atoms with Crippen LogP contribution < -0.4 is 0 Å². The minimum Gasteiger partial charge on any atom is -0.504 e. The van der Waals surface area contributed by atoms with Gasteiger partial charge < -0.3 is 5.11 Å². The minimum absolute atomic E-state index is 0.112. The van der Waals surface area contributed by atoms with E-state index in [-0.39, 0.29) is 22.4 Å². The zero-order valence-corrected chi connectivity index (χ0v) is 12.5. The number of aromatic amines is 1. The molecule has 116 valence electrons. The van der Waals surface area contributed by atoms with Crippen molar-refractivity contribution in [3.63, 3.8) is 0 Å². The molecule has 0 atom stereocenters. The highest BCUT2D eigenvalue weighted by atomic mass is 32.1. The molecule has 0 aliphatic rings. The van der Waals surface area contributed by atoms with Crippen molar-refractivity contribution in [3.05, 3.63) is 70.0 Å². The van der Waals surface area contributed by atoms with Gasteiger partial charge in [0.1, 0.15) is 12.1 Å². The van der Waals surface area contributed by atoms with Gasteiger partial charge in [0, 0.05) is 17.9 Å². The average Bonchev–Trinajstić information content (AvgIpc) is 3.21. The number of halogens is 1. The topological polar surface area (TPSA) is 91.8 Å². The Morgan fingerprint density at radius 3 is 2.83 bits per heavy atom. The second-order valence-electron chi connectivity index (χ2n) is 4.68. The van der Waals surface area contributed by atoms with Crippen molar-refractivity contribution in [1.29, 1.82) is 0 Å². The van der Waals surface area contributed by atoms with E-state index < -0.39 is 5.78 Å². The third kappa shape index (κ3) is 3.67. The molecule has 0 amide bonds. The molecular weight excluding hydrogens is 319 g/mol. The molecule has 2 heterocycles. The maximum atomic E-state index is 12.9. The highest BCUT2D eigenvalue weighted by Crippen LogP contribution is 2.16. The van der Waals surface area contributed by atoms with Crippen molar-refractivity contribution in [2.45, 2.75) is 6.42 Å². The molecule has 0 fully saturated rings. The van der Waals surface area contributed by atoms with E-state index in [1.54, 1.807) is 17.5 Å². The van der Waals surface area contributed by atoms with E-state index in [0.29, 0.717) is 12.1 Å². The lowest BCUT2D eigenvalue weighted by Gasteiger charge is -1.97. The molecule has 0 unspecified atom stereocenters. The summed E-state index contributed by atoms with van der Waals surface area (Å²) in [6.07, 6.45) is 2.77. The molecule has 6 nitrogen and oxygen atoms in total. The van der Waals surface area contributed by atoms with Crippen LogP contribution in [0.25, 0.3) is 5.76 Å². The number of hydrogen-bond acceptors (Lipinski definition) is 6. The fourth-order valence-electron chi connectivity index (χ4n) is 1.90. The largest absolute Gasteiger partial charge is 0.504 e. The Labute approximate surface area is 134 Å². The summed E-state index contributed by atoms with van der Waals surface area (Å²) in [5.41, 5.74) is 1.60. The van der Waals surface area contributed by atoms with Crippen molar-refractivity contribution in [1.82, 2.24) is 20.2 Å². The smallest absolute Gasteiger partial charge is 0.218 e. The number of nitrogens with zero attached hydrogens (tertiary/aromatic N) is 3. The number of carbonyl (C=O) groups is 1. The molecule has 2 aromatic heterocycles. The van der Waals surface area contributed by atoms with E-state index in [4.69, 9.17) is 0 Å². The Balaban J connectivity index is 1.72. The number of aromatic nitrogens is 4. The van der Waals surface area contributed by atoms with E-state index in [0.717, 1.165) is 11.6 Å². The fourth-order valence-corrected chi connectivity index (χ4v) is 2.62. The monoisotopic (exact) mass is 330 g/mol. The summed E-state index contributed by atoms with van der Waals surface area (Å²) in [4.78, 5) is 20.0. The SMILES string of the molecule is O=C(C=C(O)c1ncn[nH]1)c1nc(Cc2ccc(F)cc2)cs1. The van der Waals surface area contributed by atoms with Crippen LogP contribution in [-0.4, -0.2) is 31.1 Å². The standard InChI is InChI=1S/C15H11FN4O2S/c16-10-3-1-9(2-4-10)5-11-7-23-15(19-11)13(22)6-12(21)14-17-8-18-20-14/h1-4,6-8,21H,5H2,(H,17,18,20). The number of aliphatic hydroxyl groups excluding tert-OH is 1. The van der Waals surface area contributed by atoms with Crippen molar-refractivity contribution in [3.8, 4) is 0 Å². The van der Waals surface area contributed by atoms with Crippen LogP contribution in [0.1, 0.15) is 26.9 Å². The quantitative estimate of drug-likeness (QED) is 0.426. The molecule has 23 heavy (non-hydrogen) atoms. The van der Waals surface area contributed by atoms with Gasteiger partial charge in [-0.2, -0.15) is 5.10 Å². The molecule has 0 bridgehead atoms. The summed E-state index contributed by atoms with van der Waals surface area (Å²) in [7, 11) is 0. The van der Waals surface area contributed by atoms with E-state index in [9.17, 15) is 14.3 Å². The fraction of sp³-hybridized carbons (Fsp3) is 0.0667. The second-order valence-corrected chi connectivity index (χ2v) is 5.53. The number of allylic oxidation sites excluding steroid dienone is 1. The number of benzene rings is 1. The molecule has 0 radical (unpaired) electrons. The van der Waals surface area contributed by atoms with Crippen molar-refractivity contribution >= 4 is 22.9 Å². The van der Waals surface area contributed by atoms with E-state index in [1.165, 1.54) is 29.8 Å². The van der Waals surface area contributed by atoms with Gasteiger partial charge in [-0.15, -0.1) is 11.3 Å². The summed E-state index contributed by atoms with van der Waals surface area (Å²) in [6.45, 7) is 0. The van der Waals surface area contributed by atoms with E-state index in [2.05, 4.69) is 20.2 Å². The van der Waals surface area contributed by atoms with E-state index in [1.807, 2.05) is 0 Å². The van der Waals surface area contributed by atoms with Crippen LogP contribution in [0.4, 0.5) is 4.39 Å². The molecule has 0 spiro atoms. The minimum atomic E-state index is -0.422. The Morgan fingerprint density at radius 1 is 1.35 bits per heavy atom. The van der Waals surface area contributed by atoms with Gasteiger partial charge in [0.15, 0.2) is 16.6 Å². The summed E-state index contributed by atoms with van der Waals surface area (Å²) in [5, 5.41) is 17.8. The van der Waals surface area contributed by atoms with Crippen molar-refractivity contribution in [2.24, 2.45) is 0 Å². The molecule has 0 aliphatic heterocycles. The Kier molecular flexibility index (Phi) is 4.24. The lowest BCUT2D eigenvalue weighted by atomic mass is 10.1. The number of rotatable bonds is 5. The summed E-state index contributed by atoms with van der Waals surface area (Å²) >= 11 is 1.18. The van der Waals surface area contributed by atoms with Crippen LogP contribution >= 0.6 is 11.3 Å². The third-order valence-corrected chi connectivity index (χ3v) is 3.89. The highest BCUT2D eigenvalue weighted by Gasteiger charge is 2.12. The molecule has 2 N–H and O–H groups in total. The number of ketones is 1. The predicted molar refractivity (Wildman–Crippen MR) is 82.6 cm³/mol. The molecule has 0 aliphatic carbocycles. The Hall–Kier alpha value is -2.87. The number of carbonyl (C=O) groups excluding carboxylic acids is 1. The van der Waals surface area contributed by atoms with Crippen LogP contribution in [0.15, 0.2) is 42.0 Å². The average molecular weight is 330 g/mol. The molecule has 8 heteroatoms. The van der Waals surface area contributed by atoms with Crippen molar-refractivity contribution < 1.29 is 14.3 Å². The number of H-pyrrole nitrogens is 1. The van der Waals surface area contributed by atoms with Gasteiger partial charge in [0.05, 0.1) is 5.69 Å². The number of nitrogens with one attached hydrogen (secondary N) is 1. The van der Waals surface area contributed by atoms with Gasteiger partial charge in [0.2, 0.25) is 5.78 Å². The summed E-state index contributed by atoms with van der Waals surface area (Å²) < 4.78 is 12.9. The van der Waals surface area contributed by atoms with Crippen molar-refractivity contribution in [2.75, 3.05) is 0 Å². The van der Waals surface area contributed by atoms with Crippen LogP contribution in [0, 0.1) is 5.82 Å². The van der Waals surface area contributed by atoms with Gasteiger partial charge in [-0.05, 0) is 17.7 Å². The Bertz CT molecular complexity index is 841. The van der Waals surface area contributed by atoms with Gasteiger partial charge in [-0.3, -0.25) is 9.89 Å². The zero-order valence-electron chi connectivity index (χ0n) is 11.7. The number of thiazole rings is 1. The maximum absolute atomic E-state index is 12.9. The third-order valence-electron chi connectivity index (χ3n) is 2.99. The zero-order chi connectivity index (χ0) is 16.2. The van der Waals surface area contributed by atoms with Crippen LogP contribution in [0.3, 0.4) is 0 Å². The van der Waals surface area contributed by atoms with Crippen LogP contribution in [0.5, 0.6) is 0 Å². The van der Waals surface area contributed by atoms with Gasteiger partial charge in [-0.25, -0.2) is 14.4 Å². The number of hydrogen-bond donors (Lipinski definition) is 2. The predicted octanol–water partition coefficient (Wildman–Crippen LogP) is 2.77. The van der Waals surface area contributed by atoms with Crippen LogP contribution in [-0.2, 0) is 6.42 Å². The molecule has 0 saturated heterocycles. The molecular formula is C15H11FN4O2S. The second kappa shape index (κ2) is 6.49. The van der Waals surface area contributed by atoms with E-state index >= 15 is 0 Å². The first kappa shape index (κ1) is 15.0. The molecule has 3 aromatic rings. The number of aliphatic hydroxyl groups is 1. The highest BCUT2D eigenvalue weighted by molar-refractivity contribution is 7.11. The first-order chi connectivity index (χ1) is 11.1. The van der Waals surface area contributed by atoms with Crippen LogP contribution in [0.2, 0.25) is 0 Å². The lowest BCUT2D eigenvalue weighted by Crippen LogP contribution is -1.98. The molecule has 0 saturated carbocycles. The Morgan fingerprint density at radius 2 is 2.13 bits per heavy atom. The lowest BCUT2D eigenvalue weighted by molar-refractivity contribution is 0.104. The molecule has 3 rings (SSSR count). The maximum Gasteiger partial charge on any atom is 0.218 e. The van der Waals surface area contributed by atoms with Gasteiger partial charge in [-0.1, -0.05) is 12.1 Å².